The van der Waals surface area contributed by atoms with E-state index in [1.54, 1.807) is 30.3 Å². The standard InChI is InChI=1S/C22H29N5O10/c23-12(9-16(24)28)19(33)25-13(6-7-17(29)30)20(34)26-14(8-11-4-2-1-3-5-11)21(35)27-15(22(36)37)10-18(31)32/h1-5,12-15H,6-10,23H2,(H2,24,28)(H,25,33)(H,26,34)(H,27,35)(H,29,30)(H,31,32)(H,36,37). The summed E-state index contributed by atoms with van der Waals surface area (Å²) in [5, 5.41) is 33.8. The van der Waals surface area contributed by atoms with Crippen molar-refractivity contribution in [3.63, 3.8) is 0 Å². The molecule has 0 aliphatic carbocycles. The van der Waals surface area contributed by atoms with E-state index >= 15 is 0 Å². The topological polar surface area (TPSA) is 268 Å². The van der Waals surface area contributed by atoms with Crippen LogP contribution in [-0.2, 0) is 40.0 Å². The first-order chi connectivity index (χ1) is 17.3. The Morgan fingerprint density at radius 1 is 0.730 bits per heavy atom. The lowest BCUT2D eigenvalue weighted by molar-refractivity contribution is -0.147. The predicted octanol–water partition coefficient (Wildman–Crippen LogP) is -2.69. The summed E-state index contributed by atoms with van der Waals surface area (Å²) in [6, 6.07) is 2.06. The van der Waals surface area contributed by atoms with Gasteiger partial charge in [-0.3, -0.25) is 28.8 Å². The van der Waals surface area contributed by atoms with Gasteiger partial charge in [-0.15, -0.1) is 0 Å². The SMILES string of the molecule is NC(=O)CC(N)C(=O)NC(CCC(=O)O)C(=O)NC(Cc1ccccc1)C(=O)NC(CC(=O)O)C(=O)O. The van der Waals surface area contributed by atoms with E-state index in [9.17, 15) is 38.7 Å². The van der Waals surface area contributed by atoms with Crippen LogP contribution in [0, 0.1) is 0 Å². The molecule has 4 unspecified atom stereocenters. The minimum absolute atomic E-state index is 0.154. The second kappa shape index (κ2) is 14.8. The molecule has 0 saturated carbocycles. The maximum absolute atomic E-state index is 13.0. The minimum Gasteiger partial charge on any atom is -0.481 e. The van der Waals surface area contributed by atoms with Crippen molar-refractivity contribution in [1.82, 2.24) is 16.0 Å². The Hall–Kier alpha value is -4.53. The summed E-state index contributed by atoms with van der Waals surface area (Å²) >= 11 is 0. The van der Waals surface area contributed by atoms with E-state index in [0.29, 0.717) is 5.56 Å². The van der Waals surface area contributed by atoms with Crippen LogP contribution in [0.2, 0.25) is 0 Å². The summed E-state index contributed by atoms with van der Waals surface area (Å²) < 4.78 is 0. The van der Waals surface area contributed by atoms with Crippen LogP contribution >= 0.6 is 0 Å². The van der Waals surface area contributed by atoms with Gasteiger partial charge in [0.15, 0.2) is 0 Å². The number of rotatable bonds is 16. The third-order valence-corrected chi connectivity index (χ3v) is 4.95. The lowest BCUT2D eigenvalue weighted by Gasteiger charge is -2.25. The summed E-state index contributed by atoms with van der Waals surface area (Å²) in [7, 11) is 0. The fourth-order valence-electron chi connectivity index (χ4n) is 3.10. The largest absolute Gasteiger partial charge is 0.481 e. The number of nitrogens with two attached hydrogens (primary N) is 2. The van der Waals surface area contributed by atoms with Crippen molar-refractivity contribution in [1.29, 1.82) is 0 Å². The molecule has 0 aliphatic rings. The maximum atomic E-state index is 13.0. The molecular weight excluding hydrogens is 494 g/mol. The van der Waals surface area contributed by atoms with Gasteiger partial charge in [-0.25, -0.2) is 4.79 Å². The molecular formula is C22H29N5O10. The highest BCUT2D eigenvalue weighted by Crippen LogP contribution is 2.07. The zero-order valence-electron chi connectivity index (χ0n) is 19.6. The molecule has 0 aromatic heterocycles. The molecule has 15 nitrogen and oxygen atoms in total. The van der Waals surface area contributed by atoms with Crippen LogP contribution in [0.15, 0.2) is 30.3 Å². The van der Waals surface area contributed by atoms with E-state index in [0.717, 1.165) is 0 Å². The van der Waals surface area contributed by atoms with Crippen LogP contribution in [-0.4, -0.2) is 81.0 Å². The highest BCUT2D eigenvalue weighted by Gasteiger charge is 2.31. The lowest BCUT2D eigenvalue weighted by atomic mass is 10.0. The zero-order chi connectivity index (χ0) is 28.1. The highest BCUT2D eigenvalue weighted by molar-refractivity contribution is 5.95. The van der Waals surface area contributed by atoms with E-state index in [-0.39, 0.29) is 6.42 Å². The summed E-state index contributed by atoms with van der Waals surface area (Å²) in [6.45, 7) is 0. The van der Waals surface area contributed by atoms with Gasteiger partial charge in [-0.1, -0.05) is 30.3 Å². The second-order valence-corrected chi connectivity index (χ2v) is 8.02. The fourth-order valence-corrected chi connectivity index (χ4v) is 3.10. The molecule has 0 bridgehead atoms. The molecule has 1 rings (SSSR count). The van der Waals surface area contributed by atoms with Crippen molar-refractivity contribution in [2.75, 3.05) is 0 Å². The van der Waals surface area contributed by atoms with Crippen molar-refractivity contribution in [2.24, 2.45) is 11.5 Å². The number of carboxylic acid groups (broad SMARTS) is 3. The summed E-state index contributed by atoms with van der Waals surface area (Å²) in [6.07, 6.45) is -2.59. The number of nitrogens with one attached hydrogen (secondary N) is 3. The van der Waals surface area contributed by atoms with E-state index in [1.807, 2.05) is 0 Å². The maximum Gasteiger partial charge on any atom is 0.326 e. The summed E-state index contributed by atoms with van der Waals surface area (Å²) in [5.41, 5.74) is 11.1. The van der Waals surface area contributed by atoms with Gasteiger partial charge in [0, 0.05) is 12.8 Å². The molecule has 0 spiro atoms. The van der Waals surface area contributed by atoms with Gasteiger partial charge in [0.05, 0.1) is 18.9 Å². The second-order valence-electron chi connectivity index (χ2n) is 8.02. The van der Waals surface area contributed by atoms with E-state index in [1.165, 1.54) is 0 Å². The quantitative estimate of drug-likeness (QED) is 0.110. The Morgan fingerprint density at radius 2 is 1.27 bits per heavy atom. The average Bonchev–Trinajstić information content (AvgIpc) is 2.80. The number of aliphatic carboxylic acids is 3. The molecule has 0 radical (unpaired) electrons. The van der Waals surface area contributed by atoms with Gasteiger partial charge in [-0.05, 0) is 12.0 Å². The molecule has 15 heteroatoms. The first-order valence-corrected chi connectivity index (χ1v) is 11.0. The molecule has 0 aliphatic heterocycles. The van der Waals surface area contributed by atoms with Crippen molar-refractivity contribution in [3.05, 3.63) is 35.9 Å². The summed E-state index contributed by atoms with van der Waals surface area (Å²) in [5.74, 6) is -8.27. The molecule has 202 valence electrons. The minimum atomic E-state index is -1.80. The van der Waals surface area contributed by atoms with Crippen molar-refractivity contribution >= 4 is 41.5 Å². The van der Waals surface area contributed by atoms with E-state index < -0.39 is 91.4 Å². The molecule has 0 fully saturated rings. The number of carbonyl (C=O) groups excluding carboxylic acids is 4. The number of carboxylic acids is 3. The van der Waals surface area contributed by atoms with Crippen molar-refractivity contribution < 1.29 is 48.9 Å². The number of benzene rings is 1. The van der Waals surface area contributed by atoms with Crippen molar-refractivity contribution in [3.8, 4) is 0 Å². The normalized spacial score (nSPS) is 13.8. The molecule has 0 saturated heterocycles. The molecule has 1 aromatic rings. The Bertz CT molecular complexity index is 1020. The molecule has 10 N–H and O–H groups in total. The Kier molecular flexibility index (Phi) is 12.2. The highest BCUT2D eigenvalue weighted by atomic mass is 16.4. The van der Waals surface area contributed by atoms with Gasteiger partial charge in [0.25, 0.3) is 0 Å². The Labute approximate surface area is 210 Å². The lowest BCUT2D eigenvalue weighted by Crippen LogP contribution is -2.58. The number of hydrogen-bond acceptors (Lipinski definition) is 8. The van der Waals surface area contributed by atoms with Gasteiger partial charge in [-0.2, -0.15) is 0 Å². The zero-order valence-corrected chi connectivity index (χ0v) is 19.6. The molecule has 1 aromatic carbocycles. The number of primary amides is 1. The van der Waals surface area contributed by atoms with Gasteiger partial charge in [0.2, 0.25) is 23.6 Å². The van der Waals surface area contributed by atoms with E-state index in [2.05, 4.69) is 16.0 Å². The predicted molar refractivity (Wildman–Crippen MR) is 124 cm³/mol. The first-order valence-electron chi connectivity index (χ1n) is 11.0. The first kappa shape index (κ1) is 30.5. The monoisotopic (exact) mass is 523 g/mol. The average molecular weight is 523 g/mol. The third kappa shape index (κ3) is 11.6. The van der Waals surface area contributed by atoms with Crippen LogP contribution in [0.3, 0.4) is 0 Å². The van der Waals surface area contributed by atoms with Crippen LogP contribution in [0.4, 0.5) is 0 Å². The summed E-state index contributed by atoms with van der Waals surface area (Å²) in [4.78, 5) is 82.6. The molecule has 4 amide bonds. The molecule has 4 atom stereocenters. The number of carbonyl (C=O) groups is 7. The van der Waals surface area contributed by atoms with E-state index in [4.69, 9.17) is 21.7 Å². The van der Waals surface area contributed by atoms with Gasteiger partial charge in [0.1, 0.15) is 18.1 Å². The molecule has 0 heterocycles. The van der Waals surface area contributed by atoms with Crippen molar-refractivity contribution in [2.45, 2.75) is 56.3 Å². The fraction of sp³-hybridized carbons (Fsp3) is 0.409. The third-order valence-electron chi connectivity index (χ3n) is 4.95. The van der Waals surface area contributed by atoms with Crippen LogP contribution in [0.1, 0.15) is 31.2 Å². The van der Waals surface area contributed by atoms with Gasteiger partial charge < -0.3 is 42.7 Å². The molecule has 37 heavy (non-hydrogen) atoms. The number of amides is 4. The van der Waals surface area contributed by atoms with Gasteiger partial charge >= 0.3 is 17.9 Å². The van der Waals surface area contributed by atoms with Crippen LogP contribution in [0.5, 0.6) is 0 Å². The number of hydrogen-bond donors (Lipinski definition) is 8. The Balaban J connectivity index is 3.16. The Morgan fingerprint density at radius 3 is 1.78 bits per heavy atom. The van der Waals surface area contributed by atoms with Crippen LogP contribution < -0.4 is 27.4 Å². The smallest absolute Gasteiger partial charge is 0.326 e. The van der Waals surface area contributed by atoms with Crippen LogP contribution in [0.25, 0.3) is 0 Å².